The summed E-state index contributed by atoms with van der Waals surface area (Å²) in [6.07, 6.45) is 1.97. The number of thiophene rings is 1. The van der Waals surface area contributed by atoms with Crippen LogP contribution in [0, 0.1) is 0 Å². The average molecular weight is 296 g/mol. The Labute approximate surface area is 122 Å². The number of amides is 1. The molecule has 6 heteroatoms. The van der Waals surface area contributed by atoms with Gasteiger partial charge in [0.05, 0.1) is 13.1 Å². The Morgan fingerprint density at radius 3 is 2.70 bits per heavy atom. The molecule has 1 saturated carbocycles. The summed E-state index contributed by atoms with van der Waals surface area (Å²) in [6, 6.07) is 3.59. The topological polar surface area (TPSA) is 60.9 Å². The lowest BCUT2D eigenvalue weighted by Gasteiger charge is -2.27. The fraction of sp³-hybridized carbons (Fsp3) is 0.571. The number of carboxylic acids is 1. The van der Waals surface area contributed by atoms with Gasteiger partial charge in [-0.2, -0.15) is 0 Å². The number of carboxylic acid groups (broad SMARTS) is 1. The fourth-order valence-corrected chi connectivity index (χ4v) is 2.89. The first kappa shape index (κ1) is 15.0. The maximum atomic E-state index is 12.2. The SMILES string of the molecule is CC(C(=O)O)N(CC(=O)N(C)Cc1cccs1)C1CC1. The second kappa shape index (κ2) is 6.37. The molecule has 1 unspecified atom stereocenters. The fourth-order valence-electron chi connectivity index (χ4n) is 2.13. The lowest BCUT2D eigenvalue weighted by Crippen LogP contribution is -2.46. The van der Waals surface area contributed by atoms with Gasteiger partial charge in [-0.1, -0.05) is 6.07 Å². The van der Waals surface area contributed by atoms with E-state index in [1.807, 2.05) is 17.5 Å². The van der Waals surface area contributed by atoms with Gasteiger partial charge in [0.25, 0.3) is 0 Å². The van der Waals surface area contributed by atoms with Crippen LogP contribution in [-0.4, -0.2) is 52.5 Å². The summed E-state index contributed by atoms with van der Waals surface area (Å²) in [5, 5.41) is 11.1. The number of carbonyl (C=O) groups excluding carboxylic acids is 1. The molecule has 110 valence electrons. The third kappa shape index (κ3) is 3.80. The van der Waals surface area contributed by atoms with Gasteiger partial charge in [0.15, 0.2) is 0 Å². The third-order valence-electron chi connectivity index (χ3n) is 3.59. The summed E-state index contributed by atoms with van der Waals surface area (Å²) >= 11 is 1.62. The van der Waals surface area contributed by atoms with Crippen LogP contribution >= 0.6 is 11.3 Å². The van der Waals surface area contributed by atoms with E-state index in [-0.39, 0.29) is 18.5 Å². The van der Waals surface area contributed by atoms with Crippen molar-refractivity contribution in [1.82, 2.24) is 9.80 Å². The molecule has 1 N–H and O–H groups in total. The highest BCUT2D eigenvalue weighted by molar-refractivity contribution is 7.09. The lowest BCUT2D eigenvalue weighted by atomic mass is 10.2. The van der Waals surface area contributed by atoms with E-state index >= 15 is 0 Å². The Balaban J connectivity index is 1.92. The Kier molecular flexibility index (Phi) is 4.77. The summed E-state index contributed by atoms with van der Waals surface area (Å²) in [5.41, 5.74) is 0. The Morgan fingerprint density at radius 2 is 2.20 bits per heavy atom. The second-order valence-electron chi connectivity index (χ2n) is 5.25. The minimum atomic E-state index is -0.870. The first-order valence-corrected chi connectivity index (χ1v) is 7.62. The summed E-state index contributed by atoms with van der Waals surface area (Å²) in [7, 11) is 1.76. The second-order valence-corrected chi connectivity index (χ2v) is 6.28. The normalized spacial score (nSPS) is 16.1. The van der Waals surface area contributed by atoms with Gasteiger partial charge < -0.3 is 10.0 Å². The smallest absolute Gasteiger partial charge is 0.320 e. The molecule has 0 aromatic carbocycles. The van der Waals surface area contributed by atoms with Crippen LogP contribution in [0.5, 0.6) is 0 Å². The summed E-state index contributed by atoms with van der Waals surface area (Å²) in [5.74, 6) is -0.899. The highest BCUT2D eigenvalue weighted by atomic mass is 32.1. The molecule has 1 amide bonds. The largest absolute Gasteiger partial charge is 0.480 e. The minimum absolute atomic E-state index is 0.0293. The molecule has 1 aromatic rings. The molecule has 0 radical (unpaired) electrons. The van der Waals surface area contributed by atoms with Gasteiger partial charge in [-0.3, -0.25) is 14.5 Å². The van der Waals surface area contributed by atoms with Crippen LogP contribution in [0.2, 0.25) is 0 Å². The van der Waals surface area contributed by atoms with E-state index in [1.165, 1.54) is 0 Å². The van der Waals surface area contributed by atoms with Crippen molar-refractivity contribution in [2.75, 3.05) is 13.6 Å². The van der Waals surface area contributed by atoms with E-state index in [1.54, 1.807) is 35.1 Å². The molecular formula is C14H20N2O3S. The number of carbonyl (C=O) groups is 2. The van der Waals surface area contributed by atoms with Crippen LogP contribution in [0.15, 0.2) is 17.5 Å². The number of hydrogen-bond donors (Lipinski definition) is 1. The van der Waals surface area contributed by atoms with Crippen molar-refractivity contribution < 1.29 is 14.7 Å². The number of aliphatic carboxylic acids is 1. The number of nitrogens with zero attached hydrogens (tertiary/aromatic N) is 2. The number of rotatable bonds is 7. The molecule has 0 saturated heterocycles. The van der Waals surface area contributed by atoms with Crippen LogP contribution in [-0.2, 0) is 16.1 Å². The zero-order valence-electron chi connectivity index (χ0n) is 11.8. The van der Waals surface area contributed by atoms with Crippen molar-refractivity contribution in [2.45, 2.75) is 38.4 Å². The molecule has 1 aliphatic carbocycles. The zero-order chi connectivity index (χ0) is 14.7. The summed E-state index contributed by atoms with van der Waals surface area (Å²) in [4.78, 5) is 27.9. The van der Waals surface area contributed by atoms with Gasteiger partial charge in [0.2, 0.25) is 5.91 Å². The van der Waals surface area contributed by atoms with Crippen molar-refractivity contribution in [3.63, 3.8) is 0 Å². The van der Waals surface area contributed by atoms with Crippen LogP contribution in [0.25, 0.3) is 0 Å². The molecule has 1 heterocycles. The van der Waals surface area contributed by atoms with Crippen molar-refractivity contribution in [3.8, 4) is 0 Å². The third-order valence-corrected chi connectivity index (χ3v) is 4.45. The maximum Gasteiger partial charge on any atom is 0.320 e. The highest BCUT2D eigenvalue weighted by Gasteiger charge is 2.36. The first-order chi connectivity index (χ1) is 9.49. The van der Waals surface area contributed by atoms with Gasteiger partial charge in [-0.15, -0.1) is 11.3 Å². The van der Waals surface area contributed by atoms with Gasteiger partial charge >= 0.3 is 5.97 Å². The van der Waals surface area contributed by atoms with Gasteiger partial charge in [0.1, 0.15) is 6.04 Å². The molecule has 5 nitrogen and oxygen atoms in total. The molecule has 1 aliphatic rings. The molecule has 2 rings (SSSR count). The van der Waals surface area contributed by atoms with E-state index < -0.39 is 12.0 Å². The van der Waals surface area contributed by atoms with Crippen LogP contribution in [0.3, 0.4) is 0 Å². The quantitative estimate of drug-likeness (QED) is 0.831. The van der Waals surface area contributed by atoms with E-state index in [0.717, 1.165) is 17.7 Å². The van der Waals surface area contributed by atoms with Gasteiger partial charge in [0, 0.05) is 18.0 Å². The maximum absolute atomic E-state index is 12.2. The summed E-state index contributed by atoms with van der Waals surface area (Å²) < 4.78 is 0. The van der Waals surface area contributed by atoms with Gasteiger partial charge in [-0.25, -0.2) is 0 Å². The number of hydrogen-bond acceptors (Lipinski definition) is 4. The lowest BCUT2D eigenvalue weighted by molar-refractivity contribution is -0.144. The van der Waals surface area contributed by atoms with Crippen LogP contribution < -0.4 is 0 Å². The zero-order valence-corrected chi connectivity index (χ0v) is 12.6. The average Bonchev–Trinajstić information content (AvgIpc) is 3.12. The molecule has 20 heavy (non-hydrogen) atoms. The Bertz CT molecular complexity index is 471. The molecule has 0 spiro atoms. The molecule has 0 aliphatic heterocycles. The predicted molar refractivity (Wildman–Crippen MR) is 77.6 cm³/mol. The minimum Gasteiger partial charge on any atom is -0.480 e. The summed E-state index contributed by atoms with van der Waals surface area (Å²) in [6.45, 7) is 2.41. The van der Waals surface area contributed by atoms with E-state index in [9.17, 15) is 9.59 Å². The van der Waals surface area contributed by atoms with E-state index in [0.29, 0.717) is 6.54 Å². The molecule has 1 atom stereocenters. The Hall–Kier alpha value is -1.40. The molecule has 0 bridgehead atoms. The van der Waals surface area contributed by atoms with Gasteiger partial charge in [-0.05, 0) is 31.2 Å². The van der Waals surface area contributed by atoms with E-state index in [2.05, 4.69) is 0 Å². The molecular weight excluding hydrogens is 276 g/mol. The molecule has 1 aromatic heterocycles. The molecule has 1 fully saturated rings. The van der Waals surface area contributed by atoms with Crippen LogP contribution in [0.4, 0.5) is 0 Å². The number of likely N-dealkylation sites (N-methyl/N-ethyl adjacent to an activating group) is 1. The van der Waals surface area contributed by atoms with Crippen molar-refractivity contribution in [1.29, 1.82) is 0 Å². The Morgan fingerprint density at radius 1 is 1.50 bits per heavy atom. The monoisotopic (exact) mass is 296 g/mol. The van der Waals surface area contributed by atoms with Crippen molar-refractivity contribution in [2.24, 2.45) is 0 Å². The standard InChI is InChI=1S/C14H20N2O3S/c1-10(14(18)19)16(11-5-6-11)9-13(17)15(2)8-12-4-3-7-20-12/h3-4,7,10-11H,5-6,8-9H2,1-2H3,(H,18,19). The van der Waals surface area contributed by atoms with E-state index in [4.69, 9.17) is 5.11 Å². The van der Waals surface area contributed by atoms with Crippen molar-refractivity contribution in [3.05, 3.63) is 22.4 Å². The predicted octanol–water partition coefficient (Wildman–Crippen LogP) is 1.64. The first-order valence-electron chi connectivity index (χ1n) is 6.74. The van der Waals surface area contributed by atoms with Crippen LogP contribution in [0.1, 0.15) is 24.6 Å². The van der Waals surface area contributed by atoms with Crippen molar-refractivity contribution >= 4 is 23.2 Å². The highest BCUT2D eigenvalue weighted by Crippen LogP contribution is 2.28.